The molecule has 0 aliphatic carbocycles. The number of methoxy groups -OCH3 is 1. The van der Waals surface area contributed by atoms with Crippen molar-refractivity contribution in [2.75, 3.05) is 33.3 Å². The number of ether oxygens (including phenoxy) is 2. The lowest BCUT2D eigenvalue weighted by molar-refractivity contribution is -0.274. The fraction of sp³-hybridized carbons (Fsp3) is 0.368. The lowest BCUT2D eigenvalue weighted by Crippen LogP contribution is -2.45. The molecule has 1 heterocycles. The summed E-state index contributed by atoms with van der Waals surface area (Å²) in [6.45, 7) is 3.34. The molecule has 0 radical (unpaired) electrons. The third-order valence-corrected chi connectivity index (χ3v) is 4.93. The lowest BCUT2D eigenvalue weighted by Gasteiger charge is -2.36. The first kappa shape index (κ1) is 25.8. The van der Waals surface area contributed by atoms with Crippen LogP contribution in [-0.4, -0.2) is 44.6 Å². The average molecular weight is 518 g/mol. The normalized spacial score (nSPS) is 15.6. The molecule has 1 N–H and O–H groups in total. The fourth-order valence-corrected chi connectivity index (χ4v) is 3.68. The highest BCUT2D eigenvalue weighted by Crippen LogP contribution is 2.37. The van der Waals surface area contributed by atoms with Crippen molar-refractivity contribution in [3.63, 3.8) is 0 Å². The molecular formula is C19H22BrCl2F3N2O2. The van der Waals surface area contributed by atoms with Gasteiger partial charge in [0.2, 0.25) is 0 Å². The van der Waals surface area contributed by atoms with E-state index in [2.05, 4.69) is 30.9 Å². The fourth-order valence-electron chi connectivity index (χ4n) is 3.30. The molecular weight excluding hydrogens is 496 g/mol. The van der Waals surface area contributed by atoms with E-state index in [-0.39, 0.29) is 36.6 Å². The van der Waals surface area contributed by atoms with Gasteiger partial charge in [0.1, 0.15) is 11.5 Å². The Morgan fingerprint density at radius 3 is 2.21 bits per heavy atom. The second kappa shape index (κ2) is 11.3. The van der Waals surface area contributed by atoms with Gasteiger partial charge >= 0.3 is 6.36 Å². The predicted octanol–water partition coefficient (Wildman–Crippen LogP) is 5.19. The van der Waals surface area contributed by atoms with Crippen LogP contribution in [0.2, 0.25) is 0 Å². The SMILES string of the molecule is COc1ccc(Br)cc1[C@H](c1ccc(OC(F)(F)F)cc1)N1CCNCC1.Cl.Cl. The van der Waals surface area contributed by atoms with Crippen LogP contribution in [0, 0.1) is 0 Å². The zero-order valence-electron chi connectivity index (χ0n) is 15.5. The van der Waals surface area contributed by atoms with Crippen molar-refractivity contribution in [3.05, 3.63) is 58.1 Å². The van der Waals surface area contributed by atoms with Gasteiger partial charge in [-0.3, -0.25) is 4.90 Å². The second-order valence-corrected chi connectivity index (χ2v) is 7.11. The summed E-state index contributed by atoms with van der Waals surface area (Å²) in [5, 5.41) is 3.32. The number of benzene rings is 2. The molecule has 0 unspecified atom stereocenters. The predicted molar refractivity (Wildman–Crippen MR) is 115 cm³/mol. The zero-order valence-corrected chi connectivity index (χ0v) is 18.8. The van der Waals surface area contributed by atoms with Gasteiger partial charge in [-0.2, -0.15) is 0 Å². The van der Waals surface area contributed by atoms with Crippen LogP contribution in [0.4, 0.5) is 13.2 Å². The van der Waals surface area contributed by atoms with Crippen molar-refractivity contribution in [3.8, 4) is 11.5 Å². The van der Waals surface area contributed by atoms with Gasteiger partial charge < -0.3 is 14.8 Å². The van der Waals surface area contributed by atoms with Gasteiger partial charge in [0.25, 0.3) is 0 Å². The molecule has 2 aromatic rings. The maximum Gasteiger partial charge on any atom is 0.573 e. The summed E-state index contributed by atoms with van der Waals surface area (Å²) in [7, 11) is 1.61. The summed E-state index contributed by atoms with van der Waals surface area (Å²) in [5.41, 5.74) is 1.83. The van der Waals surface area contributed by atoms with Crippen molar-refractivity contribution in [2.24, 2.45) is 0 Å². The van der Waals surface area contributed by atoms with Crippen molar-refractivity contribution in [2.45, 2.75) is 12.4 Å². The highest BCUT2D eigenvalue weighted by Gasteiger charge is 2.31. The quantitative estimate of drug-likeness (QED) is 0.591. The molecule has 0 spiro atoms. The van der Waals surface area contributed by atoms with E-state index in [1.165, 1.54) is 12.1 Å². The third kappa shape index (κ3) is 6.93. The largest absolute Gasteiger partial charge is 0.573 e. The van der Waals surface area contributed by atoms with Crippen LogP contribution in [-0.2, 0) is 0 Å². The Labute approximate surface area is 188 Å². The molecule has 2 aromatic carbocycles. The molecule has 0 bridgehead atoms. The summed E-state index contributed by atoms with van der Waals surface area (Å²) in [6, 6.07) is 11.7. The summed E-state index contributed by atoms with van der Waals surface area (Å²) in [4.78, 5) is 2.29. The van der Waals surface area contributed by atoms with E-state index in [1.807, 2.05) is 18.2 Å². The molecule has 1 aliphatic rings. The van der Waals surface area contributed by atoms with Crippen LogP contribution >= 0.6 is 40.7 Å². The topological polar surface area (TPSA) is 33.7 Å². The molecule has 3 rings (SSSR count). The first-order valence-electron chi connectivity index (χ1n) is 8.51. The average Bonchev–Trinajstić information content (AvgIpc) is 2.63. The van der Waals surface area contributed by atoms with E-state index in [1.54, 1.807) is 19.2 Å². The minimum Gasteiger partial charge on any atom is -0.496 e. The van der Waals surface area contributed by atoms with Crippen molar-refractivity contribution in [1.29, 1.82) is 0 Å². The molecule has 1 aliphatic heterocycles. The Morgan fingerprint density at radius 2 is 1.66 bits per heavy atom. The molecule has 4 nitrogen and oxygen atoms in total. The maximum absolute atomic E-state index is 12.4. The van der Waals surface area contributed by atoms with Crippen LogP contribution in [0.1, 0.15) is 17.2 Å². The summed E-state index contributed by atoms with van der Waals surface area (Å²) in [5.74, 6) is 0.504. The number of hydrogen-bond acceptors (Lipinski definition) is 4. The Morgan fingerprint density at radius 1 is 1.03 bits per heavy atom. The zero-order chi connectivity index (χ0) is 19.4. The summed E-state index contributed by atoms with van der Waals surface area (Å²) < 4.78 is 47.8. The summed E-state index contributed by atoms with van der Waals surface area (Å²) in [6.07, 6.45) is -4.70. The molecule has 1 fully saturated rings. The lowest BCUT2D eigenvalue weighted by atomic mass is 9.95. The molecule has 10 heteroatoms. The van der Waals surface area contributed by atoms with Gasteiger partial charge in [-0.1, -0.05) is 28.1 Å². The number of nitrogens with one attached hydrogen (secondary N) is 1. The molecule has 1 atom stereocenters. The highest BCUT2D eigenvalue weighted by molar-refractivity contribution is 9.10. The van der Waals surface area contributed by atoms with E-state index >= 15 is 0 Å². The Bertz CT molecular complexity index is 773. The number of halogens is 6. The molecule has 0 aromatic heterocycles. The molecule has 29 heavy (non-hydrogen) atoms. The van der Waals surface area contributed by atoms with E-state index in [4.69, 9.17) is 4.74 Å². The first-order chi connectivity index (χ1) is 12.9. The minimum atomic E-state index is -4.70. The Kier molecular flexibility index (Phi) is 10.0. The van der Waals surface area contributed by atoms with Gasteiger partial charge in [-0.05, 0) is 35.9 Å². The van der Waals surface area contributed by atoms with Gasteiger partial charge in [0.05, 0.1) is 13.2 Å². The maximum atomic E-state index is 12.4. The molecule has 162 valence electrons. The third-order valence-electron chi connectivity index (χ3n) is 4.43. The van der Waals surface area contributed by atoms with E-state index < -0.39 is 6.36 Å². The van der Waals surface area contributed by atoms with Crippen LogP contribution in [0.15, 0.2) is 46.9 Å². The van der Waals surface area contributed by atoms with Crippen molar-refractivity contribution < 1.29 is 22.6 Å². The summed E-state index contributed by atoms with van der Waals surface area (Å²) >= 11 is 3.50. The number of nitrogens with zero attached hydrogens (tertiary/aromatic N) is 1. The number of piperazine rings is 1. The van der Waals surface area contributed by atoms with Gasteiger partial charge in [-0.25, -0.2) is 0 Å². The Hall–Kier alpha value is -1.19. The molecule has 0 saturated carbocycles. The van der Waals surface area contributed by atoms with Crippen LogP contribution in [0.5, 0.6) is 11.5 Å². The Balaban J connectivity index is 0.00000210. The monoisotopic (exact) mass is 516 g/mol. The smallest absolute Gasteiger partial charge is 0.496 e. The van der Waals surface area contributed by atoms with E-state index in [0.29, 0.717) is 0 Å². The van der Waals surface area contributed by atoms with Crippen molar-refractivity contribution >= 4 is 40.7 Å². The number of hydrogen-bond donors (Lipinski definition) is 1. The number of alkyl halides is 3. The standard InChI is InChI=1S/C19H20BrF3N2O2.2ClH/c1-26-17-7-4-14(20)12-16(17)18(25-10-8-24-9-11-25)13-2-5-15(6-3-13)27-19(21,22)23;;/h2-7,12,18,24H,8-11H2,1H3;2*1H/t18-;;/m0../s1. The molecule has 0 amide bonds. The van der Waals surface area contributed by atoms with Crippen molar-refractivity contribution in [1.82, 2.24) is 10.2 Å². The van der Waals surface area contributed by atoms with Crippen LogP contribution < -0.4 is 14.8 Å². The van der Waals surface area contributed by atoms with Crippen LogP contribution in [0.25, 0.3) is 0 Å². The van der Waals surface area contributed by atoms with Crippen LogP contribution in [0.3, 0.4) is 0 Å². The van der Waals surface area contributed by atoms with E-state index in [9.17, 15) is 13.2 Å². The highest BCUT2D eigenvalue weighted by atomic mass is 79.9. The van der Waals surface area contributed by atoms with E-state index in [0.717, 1.165) is 47.5 Å². The minimum absolute atomic E-state index is 0. The van der Waals surface area contributed by atoms with Gasteiger partial charge in [-0.15, -0.1) is 38.0 Å². The van der Waals surface area contributed by atoms with Gasteiger partial charge in [0, 0.05) is 36.2 Å². The molecule has 1 saturated heterocycles. The second-order valence-electron chi connectivity index (χ2n) is 6.19. The first-order valence-corrected chi connectivity index (χ1v) is 9.30. The number of rotatable bonds is 5. The van der Waals surface area contributed by atoms with Gasteiger partial charge in [0.15, 0.2) is 0 Å².